The number of thiazole rings is 1. The molecule has 39 heavy (non-hydrogen) atoms. The Hall–Kier alpha value is -3.17. The van der Waals surface area contributed by atoms with Crippen molar-refractivity contribution in [3.05, 3.63) is 89.0 Å². The molecule has 7 nitrogen and oxygen atoms in total. The van der Waals surface area contributed by atoms with Crippen molar-refractivity contribution in [1.82, 2.24) is 4.57 Å². The smallest absolute Gasteiger partial charge is 0.338 e. The van der Waals surface area contributed by atoms with Crippen molar-refractivity contribution in [2.45, 2.75) is 46.6 Å². The molecule has 2 heterocycles. The van der Waals surface area contributed by atoms with Crippen LogP contribution in [0.5, 0.6) is 11.5 Å². The summed E-state index contributed by atoms with van der Waals surface area (Å²) in [6.45, 7) is 8.85. The maximum Gasteiger partial charge on any atom is 0.338 e. The molecule has 0 bridgehead atoms. The highest BCUT2D eigenvalue weighted by molar-refractivity contribution is 9.10. The molecule has 4 rings (SSSR count). The minimum absolute atomic E-state index is 0.214. The van der Waals surface area contributed by atoms with Crippen molar-refractivity contribution in [2.75, 3.05) is 20.3 Å². The molecule has 0 aliphatic carbocycles. The second-order valence-corrected chi connectivity index (χ2v) is 11.5. The first-order chi connectivity index (χ1) is 18.8. The summed E-state index contributed by atoms with van der Waals surface area (Å²) in [4.78, 5) is 32.7. The van der Waals surface area contributed by atoms with Gasteiger partial charge in [-0.1, -0.05) is 66.6 Å². The van der Waals surface area contributed by atoms with Crippen LogP contribution in [0.1, 0.15) is 57.7 Å². The van der Waals surface area contributed by atoms with Gasteiger partial charge in [-0.25, -0.2) is 9.79 Å². The topological polar surface area (TPSA) is 79.1 Å². The van der Waals surface area contributed by atoms with Crippen molar-refractivity contribution in [3.8, 4) is 11.5 Å². The van der Waals surface area contributed by atoms with Crippen LogP contribution in [0, 0.1) is 5.92 Å². The summed E-state index contributed by atoms with van der Waals surface area (Å²) in [6.07, 6.45) is 3.20. The minimum atomic E-state index is -0.747. The van der Waals surface area contributed by atoms with Crippen LogP contribution in [0.2, 0.25) is 0 Å². The minimum Gasteiger partial charge on any atom is -0.496 e. The fraction of sp³-hybridized carbons (Fsp3) is 0.367. The van der Waals surface area contributed by atoms with Gasteiger partial charge in [0.1, 0.15) is 17.5 Å². The van der Waals surface area contributed by atoms with Gasteiger partial charge in [0.05, 0.1) is 36.1 Å². The Bertz CT molecular complexity index is 1550. The molecule has 1 atom stereocenters. The molecule has 0 spiro atoms. The van der Waals surface area contributed by atoms with Gasteiger partial charge in [0.2, 0.25) is 0 Å². The number of carbonyl (C=O) groups is 1. The molecule has 1 aliphatic rings. The number of nitrogens with zero attached hydrogens (tertiary/aromatic N) is 2. The molecule has 0 saturated carbocycles. The molecular weight excluding hydrogens is 580 g/mol. The quantitative estimate of drug-likeness (QED) is 0.287. The van der Waals surface area contributed by atoms with Crippen LogP contribution in [0.4, 0.5) is 0 Å². The molecule has 2 aromatic carbocycles. The lowest BCUT2D eigenvalue weighted by atomic mass is 9.93. The van der Waals surface area contributed by atoms with E-state index >= 15 is 0 Å². The molecule has 1 aliphatic heterocycles. The van der Waals surface area contributed by atoms with E-state index in [1.807, 2.05) is 55.5 Å². The lowest BCUT2D eigenvalue weighted by Gasteiger charge is -2.27. The lowest BCUT2D eigenvalue weighted by Crippen LogP contribution is -2.40. The lowest BCUT2D eigenvalue weighted by molar-refractivity contribution is -0.139. The van der Waals surface area contributed by atoms with E-state index < -0.39 is 12.0 Å². The van der Waals surface area contributed by atoms with Crippen molar-refractivity contribution in [3.63, 3.8) is 0 Å². The van der Waals surface area contributed by atoms with E-state index in [-0.39, 0.29) is 12.2 Å². The average Bonchev–Trinajstić information content (AvgIpc) is 3.22. The number of hydrogen-bond donors (Lipinski definition) is 0. The van der Waals surface area contributed by atoms with Gasteiger partial charge in [-0.05, 0) is 61.2 Å². The number of esters is 1. The summed E-state index contributed by atoms with van der Waals surface area (Å²) in [5.41, 5.74) is 2.30. The van der Waals surface area contributed by atoms with Gasteiger partial charge >= 0.3 is 5.97 Å². The summed E-state index contributed by atoms with van der Waals surface area (Å²) in [6, 6.07) is 12.5. The highest BCUT2D eigenvalue weighted by Gasteiger charge is 2.36. The Labute approximate surface area is 240 Å². The number of carbonyl (C=O) groups excluding carboxylic acids is 1. The number of allylic oxidation sites excluding steroid dienone is 1. The molecule has 0 unspecified atom stereocenters. The van der Waals surface area contributed by atoms with Crippen molar-refractivity contribution in [1.29, 1.82) is 0 Å². The number of ether oxygens (including phenoxy) is 3. The van der Waals surface area contributed by atoms with E-state index in [4.69, 9.17) is 19.2 Å². The summed E-state index contributed by atoms with van der Waals surface area (Å²) in [5.74, 6) is 1.30. The Kier molecular flexibility index (Phi) is 9.45. The Balaban J connectivity index is 1.91. The number of rotatable bonds is 10. The zero-order valence-electron chi connectivity index (χ0n) is 22.8. The van der Waals surface area contributed by atoms with Crippen LogP contribution in [0.15, 0.2) is 68.0 Å². The molecule has 0 saturated heterocycles. The normalized spacial score (nSPS) is 15.3. The van der Waals surface area contributed by atoms with Crippen LogP contribution in [-0.4, -0.2) is 30.9 Å². The monoisotopic (exact) mass is 612 g/mol. The Morgan fingerprint density at radius 1 is 1.18 bits per heavy atom. The van der Waals surface area contributed by atoms with E-state index in [2.05, 4.69) is 29.8 Å². The van der Waals surface area contributed by atoms with Crippen molar-refractivity contribution >= 4 is 39.3 Å². The average molecular weight is 614 g/mol. The van der Waals surface area contributed by atoms with E-state index in [0.29, 0.717) is 50.9 Å². The number of hydrogen-bond acceptors (Lipinski definition) is 7. The Morgan fingerprint density at radius 3 is 2.56 bits per heavy atom. The third-order valence-electron chi connectivity index (χ3n) is 6.14. The fourth-order valence-corrected chi connectivity index (χ4v) is 5.81. The molecule has 0 amide bonds. The molecule has 0 fully saturated rings. The standard InChI is InChI=1S/C30H33BrN2O5S/c1-6-8-23-26(29(35)37-7-2)27(22-16-20(31)11-14-24(22)36-5)33-28(34)25(39-30(33)32-23)15-19-9-12-21(13-10-19)38-17-18(3)4/h9-16,18,27H,6-8,17H2,1-5H3/b25-15-/t27-/m0/s1. The van der Waals surface area contributed by atoms with Gasteiger partial charge in [-0.3, -0.25) is 9.36 Å². The van der Waals surface area contributed by atoms with Gasteiger partial charge in [0, 0.05) is 10.0 Å². The molecule has 1 aromatic heterocycles. The zero-order valence-corrected chi connectivity index (χ0v) is 25.2. The molecule has 206 valence electrons. The maximum atomic E-state index is 14.0. The maximum absolute atomic E-state index is 14.0. The molecule has 3 aromatic rings. The predicted octanol–water partition coefficient (Wildman–Crippen LogP) is 5.38. The van der Waals surface area contributed by atoms with Crippen LogP contribution in [-0.2, 0) is 9.53 Å². The summed E-state index contributed by atoms with van der Waals surface area (Å²) in [7, 11) is 1.58. The third kappa shape index (κ3) is 6.36. The largest absolute Gasteiger partial charge is 0.496 e. The van der Waals surface area contributed by atoms with Crippen LogP contribution >= 0.6 is 27.3 Å². The summed E-state index contributed by atoms with van der Waals surface area (Å²) >= 11 is 4.85. The summed E-state index contributed by atoms with van der Waals surface area (Å²) in [5, 5.41) is 0. The number of methoxy groups -OCH3 is 1. The first-order valence-corrected chi connectivity index (χ1v) is 14.7. The number of fused-ring (bicyclic) bond motifs is 1. The van der Waals surface area contributed by atoms with Crippen LogP contribution in [0.3, 0.4) is 0 Å². The predicted molar refractivity (Wildman–Crippen MR) is 157 cm³/mol. The first kappa shape index (κ1) is 28.8. The number of benzene rings is 2. The zero-order chi connectivity index (χ0) is 28.1. The van der Waals surface area contributed by atoms with Crippen molar-refractivity contribution in [2.24, 2.45) is 10.9 Å². The number of aromatic nitrogens is 1. The van der Waals surface area contributed by atoms with E-state index in [1.165, 1.54) is 11.3 Å². The Morgan fingerprint density at radius 2 is 1.92 bits per heavy atom. The second kappa shape index (κ2) is 12.8. The summed E-state index contributed by atoms with van der Waals surface area (Å²) < 4.78 is 19.9. The van der Waals surface area contributed by atoms with Crippen LogP contribution in [0.25, 0.3) is 6.08 Å². The van der Waals surface area contributed by atoms with Gasteiger partial charge < -0.3 is 14.2 Å². The van der Waals surface area contributed by atoms with Gasteiger partial charge in [0.15, 0.2) is 4.80 Å². The van der Waals surface area contributed by atoms with Gasteiger partial charge in [0.25, 0.3) is 5.56 Å². The van der Waals surface area contributed by atoms with Gasteiger partial charge in [-0.2, -0.15) is 0 Å². The first-order valence-electron chi connectivity index (χ1n) is 13.1. The second-order valence-electron chi connectivity index (χ2n) is 9.57. The van der Waals surface area contributed by atoms with E-state index in [9.17, 15) is 9.59 Å². The fourth-order valence-electron chi connectivity index (χ4n) is 4.41. The van der Waals surface area contributed by atoms with Crippen LogP contribution < -0.4 is 24.4 Å². The SMILES string of the molecule is CCCC1=C(C(=O)OCC)[C@H](c2cc(Br)ccc2OC)n2c(s/c(=C\c3ccc(OCC(C)C)cc3)c2=O)=N1. The molecule has 0 radical (unpaired) electrons. The number of halogens is 1. The molecular formula is C30H33BrN2O5S. The van der Waals surface area contributed by atoms with Crippen molar-refractivity contribution < 1.29 is 19.0 Å². The van der Waals surface area contributed by atoms with Gasteiger partial charge in [-0.15, -0.1) is 0 Å². The van der Waals surface area contributed by atoms with E-state index in [0.717, 1.165) is 22.2 Å². The third-order valence-corrected chi connectivity index (χ3v) is 7.62. The van der Waals surface area contributed by atoms with E-state index in [1.54, 1.807) is 18.6 Å². The highest BCUT2D eigenvalue weighted by Crippen LogP contribution is 2.38. The highest BCUT2D eigenvalue weighted by atomic mass is 79.9. The molecule has 0 N–H and O–H groups in total. The molecule has 9 heteroatoms.